The summed E-state index contributed by atoms with van der Waals surface area (Å²) in [5.74, 6) is 0. The second-order valence-corrected chi connectivity index (χ2v) is 29.6. The molecular weight excluding hydrogens is 457 g/mol. The summed E-state index contributed by atoms with van der Waals surface area (Å²) in [7, 11) is -1.68. The van der Waals surface area contributed by atoms with Gasteiger partial charge in [-0.15, -0.1) is 0 Å². The van der Waals surface area contributed by atoms with Crippen LogP contribution in [0, 0.1) is 0 Å². The summed E-state index contributed by atoms with van der Waals surface area (Å²) in [5.41, 5.74) is 0. The zero-order chi connectivity index (χ0) is 24.6. The number of nitrogens with one attached hydrogen (secondary N) is 1. The molecular formula is C21H53N2O4Si4+. The third-order valence-electron chi connectivity index (χ3n) is 4.21. The summed E-state index contributed by atoms with van der Waals surface area (Å²) in [6.07, 6.45) is 5.07. The average Bonchev–Trinajstić information content (AvgIpc) is 2.47. The van der Waals surface area contributed by atoms with Gasteiger partial charge >= 0.3 is 8.80 Å². The van der Waals surface area contributed by atoms with Crippen LogP contribution in [0.4, 0.5) is 0 Å². The van der Waals surface area contributed by atoms with Gasteiger partial charge in [0.15, 0.2) is 25.0 Å². The standard InChI is InChI=1S/C21H53N2O4Si4/c1-23(2,3)18-14-13-16-21(20-24)22-17-15-19-31(25-28(4,5)6,26-29(7,8)9)27-30(10,11)12/h20-22H,13-19H2,1-12H3/q+1. The molecule has 1 atom stereocenters. The fourth-order valence-electron chi connectivity index (χ4n) is 3.38. The smallest absolute Gasteiger partial charge is 0.417 e. The molecule has 0 aliphatic heterocycles. The maximum Gasteiger partial charge on any atom is 0.469 e. The lowest BCUT2D eigenvalue weighted by Gasteiger charge is -2.43. The van der Waals surface area contributed by atoms with Crippen LogP contribution in [0.5, 0.6) is 0 Å². The number of nitrogens with zero attached hydrogens (tertiary/aromatic N) is 1. The summed E-state index contributed by atoms with van der Waals surface area (Å²) in [6.45, 7) is 21.9. The Morgan fingerprint density at radius 2 is 1.23 bits per heavy atom. The number of hydrogen-bond acceptors (Lipinski definition) is 5. The minimum absolute atomic E-state index is 0.0720. The Balaban J connectivity index is 4.98. The Morgan fingerprint density at radius 3 is 1.58 bits per heavy atom. The monoisotopic (exact) mass is 509 g/mol. The van der Waals surface area contributed by atoms with E-state index in [1.807, 2.05) is 0 Å². The van der Waals surface area contributed by atoms with Crippen LogP contribution >= 0.6 is 0 Å². The van der Waals surface area contributed by atoms with Crippen molar-refractivity contribution in [3.05, 3.63) is 0 Å². The molecule has 1 N–H and O–H groups in total. The second kappa shape index (κ2) is 12.7. The van der Waals surface area contributed by atoms with Crippen LogP contribution in [0.2, 0.25) is 65.0 Å². The first-order valence-corrected chi connectivity index (χ1v) is 24.0. The third-order valence-corrected chi connectivity index (χ3v) is 16.3. The molecule has 0 aliphatic carbocycles. The van der Waals surface area contributed by atoms with Gasteiger partial charge in [0, 0.05) is 6.04 Å². The Kier molecular flexibility index (Phi) is 12.8. The summed E-state index contributed by atoms with van der Waals surface area (Å²) in [5, 5.41) is 3.44. The molecule has 31 heavy (non-hydrogen) atoms. The Morgan fingerprint density at radius 1 is 0.774 bits per heavy atom. The lowest BCUT2D eigenvalue weighted by molar-refractivity contribution is -0.870. The van der Waals surface area contributed by atoms with Crippen LogP contribution in [0.1, 0.15) is 25.7 Å². The van der Waals surface area contributed by atoms with Crippen molar-refractivity contribution >= 4 is 40.0 Å². The van der Waals surface area contributed by atoms with Gasteiger partial charge in [0.1, 0.15) is 6.29 Å². The van der Waals surface area contributed by atoms with E-state index < -0.39 is 33.8 Å². The van der Waals surface area contributed by atoms with E-state index in [0.717, 1.165) is 55.6 Å². The molecule has 10 heteroatoms. The van der Waals surface area contributed by atoms with Gasteiger partial charge in [0.2, 0.25) is 0 Å². The van der Waals surface area contributed by atoms with Crippen molar-refractivity contribution in [1.82, 2.24) is 5.32 Å². The first kappa shape index (κ1) is 31.3. The number of quaternary nitrogens is 1. The van der Waals surface area contributed by atoms with E-state index >= 15 is 0 Å². The third kappa shape index (κ3) is 18.4. The highest BCUT2D eigenvalue weighted by atomic mass is 28.5. The molecule has 0 aliphatic rings. The predicted octanol–water partition coefficient (Wildman–Crippen LogP) is 4.90. The van der Waals surface area contributed by atoms with Crippen molar-refractivity contribution in [2.45, 2.75) is 96.7 Å². The van der Waals surface area contributed by atoms with Crippen molar-refractivity contribution in [2.24, 2.45) is 0 Å². The Hall–Kier alpha value is 0.338. The van der Waals surface area contributed by atoms with E-state index in [4.69, 9.17) is 12.3 Å². The minimum atomic E-state index is -2.78. The van der Waals surface area contributed by atoms with Crippen LogP contribution < -0.4 is 5.32 Å². The normalized spacial score (nSPS) is 15.2. The molecule has 0 bridgehead atoms. The number of hydrogen-bond donors (Lipinski definition) is 1. The highest BCUT2D eigenvalue weighted by molar-refractivity contribution is 6.90. The van der Waals surface area contributed by atoms with Crippen LogP contribution in [0.15, 0.2) is 0 Å². The lowest BCUT2D eigenvalue weighted by Crippen LogP contribution is -2.60. The van der Waals surface area contributed by atoms with Gasteiger partial charge in [-0.1, -0.05) is 0 Å². The van der Waals surface area contributed by atoms with Crippen molar-refractivity contribution in [2.75, 3.05) is 34.2 Å². The Labute approximate surface area is 197 Å². The van der Waals surface area contributed by atoms with Gasteiger partial charge in [-0.3, -0.25) is 0 Å². The average molecular weight is 510 g/mol. The van der Waals surface area contributed by atoms with Gasteiger partial charge in [0.05, 0.1) is 33.7 Å². The number of carbonyl (C=O) groups excluding carboxylic acids is 1. The molecule has 186 valence electrons. The van der Waals surface area contributed by atoms with Crippen LogP contribution in [-0.4, -0.2) is 84.8 Å². The molecule has 0 aromatic carbocycles. The van der Waals surface area contributed by atoms with Gasteiger partial charge in [-0.2, -0.15) is 0 Å². The van der Waals surface area contributed by atoms with E-state index in [9.17, 15) is 4.79 Å². The summed E-state index contributed by atoms with van der Waals surface area (Å²) in [4.78, 5) is 11.5. The first-order valence-electron chi connectivity index (χ1n) is 11.9. The summed E-state index contributed by atoms with van der Waals surface area (Å²) < 4.78 is 21.1. The zero-order valence-electron chi connectivity index (χ0n) is 22.7. The molecule has 0 heterocycles. The summed E-state index contributed by atoms with van der Waals surface area (Å²) in [6, 6.07) is 0.739. The molecule has 0 saturated carbocycles. The Bertz CT molecular complexity index is 483. The zero-order valence-corrected chi connectivity index (χ0v) is 26.7. The van der Waals surface area contributed by atoms with E-state index in [1.54, 1.807) is 0 Å². The topological polar surface area (TPSA) is 56.8 Å². The van der Waals surface area contributed by atoms with Gasteiger partial charge in [0.25, 0.3) is 0 Å². The number of rotatable bonds is 17. The molecule has 0 aromatic heterocycles. The first-order chi connectivity index (χ1) is 13.8. The molecule has 0 rings (SSSR count). The van der Waals surface area contributed by atoms with Gasteiger partial charge in [-0.05, 0) is 91.2 Å². The number of aldehydes is 1. The molecule has 6 nitrogen and oxygen atoms in total. The van der Waals surface area contributed by atoms with Gasteiger partial charge < -0.3 is 26.9 Å². The van der Waals surface area contributed by atoms with Crippen LogP contribution in [0.25, 0.3) is 0 Å². The number of carbonyl (C=O) groups is 1. The quantitative estimate of drug-likeness (QED) is 0.131. The molecule has 0 radical (unpaired) electrons. The molecule has 0 saturated heterocycles. The van der Waals surface area contributed by atoms with E-state index in [1.165, 1.54) is 0 Å². The predicted molar refractivity (Wildman–Crippen MR) is 143 cm³/mol. The van der Waals surface area contributed by atoms with Crippen molar-refractivity contribution < 1.29 is 21.6 Å². The second-order valence-electron chi connectivity index (χ2n) is 12.6. The fraction of sp³-hybridized carbons (Fsp3) is 0.952. The summed E-state index contributed by atoms with van der Waals surface area (Å²) >= 11 is 0. The highest BCUT2D eigenvalue weighted by Crippen LogP contribution is 2.29. The van der Waals surface area contributed by atoms with Crippen LogP contribution in [-0.2, 0) is 17.1 Å². The SMILES string of the molecule is C[N+](C)(C)CCCCC(C=O)NCCC[Si](O[Si](C)(C)C)(O[Si](C)(C)C)O[Si](C)(C)C. The molecule has 0 amide bonds. The van der Waals surface area contributed by atoms with Gasteiger partial charge in [-0.25, -0.2) is 0 Å². The molecule has 0 spiro atoms. The van der Waals surface area contributed by atoms with E-state index in [2.05, 4.69) is 85.4 Å². The van der Waals surface area contributed by atoms with Crippen molar-refractivity contribution in [3.63, 3.8) is 0 Å². The highest BCUT2D eigenvalue weighted by Gasteiger charge is 2.49. The van der Waals surface area contributed by atoms with E-state index in [0.29, 0.717) is 0 Å². The van der Waals surface area contributed by atoms with Crippen LogP contribution in [0.3, 0.4) is 0 Å². The maximum atomic E-state index is 11.5. The van der Waals surface area contributed by atoms with Crippen molar-refractivity contribution in [1.29, 1.82) is 0 Å². The fourth-order valence-corrected chi connectivity index (χ4v) is 18.0. The minimum Gasteiger partial charge on any atom is -0.417 e. The number of unbranched alkanes of at least 4 members (excludes halogenated alkanes) is 1. The molecule has 1 unspecified atom stereocenters. The lowest BCUT2D eigenvalue weighted by atomic mass is 10.1. The van der Waals surface area contributed by atoms with E-state index in [-0.39, 0.29) is 6.04 Å². The molecule has 0 aromatic rings. The molecule has 0 fully saturated rings. The largest absolute Gasteiger partial charge is 0.469 e. The maximum absolute atomic E-state index is 11.5. The van der Waals surface area contributed by atoms with Crippen molar-refractivity contribution in [3.8, 4) is 0 Å².